The third kappa shape index (κ3) is 34.9. The maximum Gasteiger partial charge on any atom is 0.323 e. The van der Waals surface area contributed by atoms with E-state index in [4.69, 9.17) is 24.1 Å². The Morgan fingerprint density at radius 3 is 1.50 bits per heavy atom. The van der Waals surface area contributed by atoms with Gasteiger partial charge in [0.2, 0.25) is 11.8 Å². The van der Waals surface area contributed by atoms with Crippen LogP contribution in [0.2, 0.25) is 0 Å². The van der Waals surface area contributed by atoms with E-state index in [1.54, 1.807) is 0 Å². The second-order valence-electron chi connectivity index (χ2n) is 12.5. The van der Waals surface area contributed by atoms with E-state index in [9.17, 15) is 33.9 Å². The second kappa shape index (κ2) is 34.5. The lowest BCUT2D eigenvalue weighted by atomic mass is 10.0. The number of carboxylic acid groups (broad SMARTS) is 2. The van der Waals surface area contributed by atoms with E-state index in [2.05, 4.69) is 5.32 Å². The highest BCUT2D eigenvalue weighted by Gasteiger charge is 2.19. The fourth-order valence-corrected chi connectivity index (χ4v) is 5.02. The van der Waals surface area contributed by atoms with Crippen LogP contribution in [0.5, 0.6) is 0 Å². The van der Waals surface area contributed by atoms with Crippen molar-refractivity contribution < 1.29 is 57.9 Å². The summed E-state index contributed by atoms with van der Waals surface area (Å²) in [4.78, 5) is 70.5. The van der Waals surface area contributed by atoms with Gasteiger partial charge in [-0.3, -0.25) is 28.8 Å². The molecule has 2 amide bonds. The molecule has 0 aromatic heterocycles. The van der Waals surface area contributed by atoms with E-state index in [0.717, 1.165) is 49.8 Å². The number of hydrogen-bond acceptors (Lipinski definition) is 10. The molecule has 0 spiro atoms. The van der Waals surface area contributed by atoms with E-state index in [1.807, 2.05) is 0 Å². The Kier molecular flexibility index (Phi) is 32.5. The topological polar surface area (TPSA) is 195 Å². The van der Waals surface area contributed by atoms with Crippen LogP contribution in [0.15, 0.2) is 0 Å². The number of amides is 2. The molecule has 0 saturated carbocycles. The number of nitrogens with one attached hydrogen (secondary N) is 1. The number of nitrogens with zero attached hydrogens (tertiary/aromatic N) is 1. The van der Waals surface area contributed by atoms with Crippen molar-refractivity contribution >= 4 is 35.3 Å². The third-order valence-electron chi connectivity index (χ3n) is 7.67. The van der Waals surface area contributed by atoms with Crippen molar-refractivity contribution in [2.75, 3.05) is 72.5 Å². The summed E-state index contributed by atoms with van der Waals surface area (Å²) in [5, 5.41) is 20.5. The molecule has 50 heavy (non-hydrogen) atoms. The predicted octanol–water partition coefficient (Wildman–Crippen LogP) is 4.35. The van der Waals surface area contributed by atoms with Gasteiger partial charge in [-0.1, -0.05) is 77.0 Å². The average Bonchev–Trinajstić information content (AvgIpc) is 3.06. The number of aliphatic carboxylic acids is 2. The first-order chi connectivity index (χ1) is 24.1. The third-order valence-corrected chi connectivity index (χ3v) is 7.67. The van der Waals surface area contributed by atoms with Crippen LogP contribution in [0.1, 0.15) is 122 Å². The van der Waals surface area contributed by atoms with Gasteiger partial charge >= 0.3 is 11.9 Å². The molecular formula is C36H64N2O12. The molecular weight excluding hydrogens is 652 g/mol. The van der Waals surface area contributed by atoms with Gasteiger partial charge in [-0.05, 0) is 26.2 Å². The van der Waals surface area contributed by atoms with Crippen LogP contribution in [-0.2, 0) is 47.7 Å². The zero-order valence-electron chi connectivity index (χ0n) is 30.4. The first kappa shape index (κ1) is 47.1. The van der Waals surface area contributed by atoms with Gasteiger partial charge in [-0.2, -0.15) is 0 Å². The number of carboxylic acids is 2. The molecule has 0 aromatic rings. The Bertz CT molecular complexity index is 931. The van der Waals surface area contributed by atoms with Crippen LogP contribution < -0.4 is 5.32 Å². The maximum absolute atomic E-state index is 12.6. The summed E-state index contributed by atoms with van der Waals surface area (Å²) in [6, 6.07) is 0. The maximum atomic E-state index is 12.6. The molecule has 0 radical (unpaired) electrons. The van der Waals surface area contributed by atoms with Crippen LogP contribution >= 0.6 is 0 Å². The number of rotatable bonds is 38. The number of ketones is 2. The summed E-state index contributed by atoms with van der Waals surface area (Å²) in [7, 11) is 0. The quantitative estimate of drug-likeness (QED) is 0.0766. The number of Topliss-reactive ketones (excluding diaryl/α,β-unsaturated/α-hetero) is 2. The fraction of sp³-hybridized carbons (Fsp3) is 0.833. The molecule has 0 atom stereocenters. The Labute approximate surface area is 298 Å². The minimum atomic E-state index is -1.15. The molecule has 0 rings (SSSR count). The summed E-state index contributed by atoms with van der Waals surface area (Å²) >= 11 is 0. The normalized spacial score (nSPS) is 11.0. The van der Waals surface area contributed by atoms with Crippen molar-refractivity contribution in [1.82, 2.24) is 10.2 Å². The van der Waals surface area contributed by atoms with Gasteiger partial charge in [0.1, 0.15) is 19.8 Å². The molecule has 0 heterocycles. The molecule has 290 valence electrons. The van der Waals surface area contributed by atoms with Gasteiger partial charge in [0.05, 0.1) is 39.6 Å². The van der Waals surface area contributed by atoms with Gasteiger partial charge in [-0.25, -0.2) is 0 Å². The van der Waals surface area contributed by atoms with E-state index >= 15 is 0 Å². The Balaban J connectivity index is 3.78. The largest absolute Gasteiger partial charge is 0.481 e. The van der Waals surface area contributed by atoms with Gasteiger partial charge in [0, 0.05) is 32.4 Å². The minimum absolute atomic E-state index is 0.0533. The molecule has 0 aromatic carbocycles. The van der Waals surface area contributed by atoms with Crippen molar-refractivity contribution in [1.29, 1.82) is 0 Å². The number of carbonyl (C=O) groups excluding carboxylic acids is 4. The monoisotopic (exact) mass is 716 g/mol. The van der Waals surface area contributed by atoms with Crippen molar-refractivity contribution in [3.63, 3.8) is 0 Å². The summed E-state index contributed by atoms with van der Waals surface area (Å²) in [6.07, 6.45) is 16.1. The summed E-state index contributed by atoms with van der Waals surface area (Å²) < 4.78 is 21.0. The first-order valence-electron chi connectivity index (χ1n) is 18.4. The highest BCUT2D eigenvalue weighted by atomic mass is 16.5. The van der Waals surface area contributed by atoms with Crippen molar-refractivity contribution in [2.45, 2.75) is 122 Å². The van der Waals surface area contributed by atoms with Crippen molar-refractivity contribution in [3.8, 4) is 0 Å². The Morgan fingerprint density at radius 2 is 0.980 bits per heavy atom. The van der Waals surface area contributed by atoms with Gasteiger partial charge in [0.15, 0.2) is 11.6 Å². The number of unbranched alkanes of at least 4 members (excludes halogenated alkanes) is 13. The van der Waals surface area contributed by atoms with Crippen molar-refractivity contribution in [3.05, 3.63) is 0 Å². The fourth-order valence-electron chi connectivity index (χ4n) is 5.02. The molecule has 0 unspecified atom stereocenters. The van der Waals surface area contributed by atoms with Crippen LogP contribution in [0.25, 0.3) is 0 Å². The van der Waals surface area contributed by atoms with Crippen LogP contribution in [0, 0.1) is 0 Å². The van der Waals surface area contributed by atoms with Gasteiger partial charge in [0.25, 0.3) is 0 Å². The number of carbonyl (C=O) groups is 6. The molecule has 0 bridgehead atoms. The molecule has 0 saturated heterocycles. The van der Waals surface area contributed by atoms with E-state index in [1.165, 1.54) is 45.4 Å². The van der Waals surface area contributed by atoms with Crippen LogP contribution in [0.4, 0.5) is 0 Å². The van der Waals surface area contributed by atoms with Gasteiger partial charge < -0.3 is 39.4 Å². The highest BCUT2D eigenvalue weighted by Crippen LogP contribution is 2.14. The lowest BCUT2D eigenvalue weighted by Crippen LogP contribution is -2.39. The number of hydrogen-bond donors (Lipinski definition) is 3. The van der Waals surface area contributed by atoms with Crippen molar-refractivity contribution in [2.24, 2.45) is 0 Å². The van der Waals surface area contributed by atoms with E-state index < -0.39 is 18.5 Å². The zero-order valence-corrected chi connectivity index (χ0v) is 30.4. The lowest BCUT2D eigenvalue weighted by Gasteiger charge is -2.20. The average molecular weight is 717 g/mol. The summed E-state index contributed by atoms with van der Waals surface area (Å²) in [5.74, 6) is -2.75. The minimum Gasteiger partial charge on any atom is -0.481 e. The molecule has 14 heteroatoms. The molecule has 0 fully saturated rings. The molecule has 0 aliphatic carbocycles. The van der Waals surface area contributed by atoms with E-state index in [-0.39, 0.29) is 75.6 Å². The van der Waals surface area contributed by atoms with Gasteiger partial charge in [-0.15, -0.1) is 0 Å². The summed E-state index contributed by atoms with van der Waals surface area (Å²) in [6.45, 7) is 2.64. The SMILES string of the molecule is CC(=O)COCCOCCNC(=O)COCCOCCCC(=O)CN(CC(=O)O)C(=O)CCCCCCCCCCCCCCCCC(=O)O. The number of ether oxygens (including phenoxy) is 4. The smallest absolute Gasteiger partial charge is 0.323 e. The first-order valence-corrected chi connectivity index (χ1v) is 18.4. The summed E-state index contributed by atoms with van der Waals surface area (Å²) in [5.41, 5.74) is 0. The van der Waals surface area contributed by atoms with Crippen LogP contribution in [-0.4, -0.2) is 123 Å². The molecule has 0 aliphatic rings. The molecule has 14 nitrogen and oxygen atoms in total. The van der Waals surface area contributed by atoms with E-state index in [0.29, 0.717) is 45.8 Å². The second-order valence-corrected chi connectivity index (χ2v) is 12.5. The lowest BCUT2D eigenvalue weighted by molar-refractivity contribution is -0.145. The molecule has 0 aliphatic heterocycles. The Hall–Kier alpha value is -2.94. The molecule has 3 N–H and O–H groups in total. The standard InChI is InChI=1S/C36H64N2O12/c1-31(39)29-49-25-24-48-22-20-37-33(41)30-50-26-23-47-21-16-17-32(40)27-38(28-36(45)46)34(42)18-14-12-10-8-6-4-2-3-5-7-9-11-13-15-19-35(43)44/h2-30H2,1H3,(H,37,41)(H,43,44)(H,45,46). The highest BCUT2D eigenvalue weighted by molar-refractivity contribution is 5.88. The Morgan fingerprint density at radius 1 is 0.500 bits per heavy atom. The van der Waals surface area contributed by atoms with Crippen LogP contribution in [0.3, 0.4) is 0 Å². The predicted molar refractivity (Wildman–Crippen MR) is 187 cm³/mol. The zero-order chi connectivity index (χ0) is 37.1.